The molecular formula is C15H26IN5O. The van der Waals surface area contributed by atoms with Crippen LogP contribution in [-0.2, 0) is 6.54 Å². The molecule has 1 saturated heterocycles. The number of aryl methyl sites for hydroxylation is 1. The Bertz CT molecular complexity index is 510. The van der Waals surface area contributed by atoms with Gasteiger partial charge in [-0.05, 0) is 31.6 Å². The molecule has 0 bridgehead atoms. The number of nitrogens with zero attached hydrogens (tertiary/aromatic N) is 4. The van der Waals surface area contributed by atoms with Crippen molar-refractivity contribution in [3.8, 4) is 0 Å². The molecule has 2 heterocycles. The molecule has 2 aliphatic rings. The molecule has 3 rings (SSSR count). The summed E-state index contributed by atoms with van der Waals surface area (Å²) in [4.78, 5) is 11.0. The van der Waals surface area contributed by atoms with Crippen molar-refractivity contribution < 1.29 is 4.52 Å². The highest BCUT2D eigenvalue weighted by Crippen LogP contribution is 2.43. The van der Waals surface area contributed by atoms with E-state index in [1.807, 2.05) is 14.0 Å². The van der Waals surface area contributed by atoms with Gasteiger partial charge in [0.2, 0.25) is 5.89 Å². The Morgan fingerprint density at radius 2 is 2.09 bits per heavy atom. The van der Waals surface area contributed by atoms with Gasteiger partial charge in [0.15, 0.2) is 11.8 Å². The van der Waals surface area contributed by atoms with Crippen molar-refractivity contribution in [2.75, 3.05) is 20.1 Å². The van der Waals surface area contributed by atoms with E-state index in [4.69, 9.17) is 4.52 Å². The first-order valence-electron chi connectivity index (χ1n) is 7.96. The summed E-state index contributed by atoms with van der Waals surface area (Å²) in [5.74, 6) is 2.23. The van der Waals surface area contributed by atoms with Crippen LogP contribution in [-0.4, -0.2) is 41.1 Å². The number of hydrogen-bond acceptors (Lipinski definition) is 4. The molecule has 0 radical (unpaired) electrons. The molecule has 1 aromatic rings. The summed E-state index contributed by atoms with van der Waals surface area (Å²) in [6.07, 6.45) is 8.24. The number of halogens is 1. The Hall–Kier alpha value is -0.860. The van der Waals surface area contributed by atoms with Gasteiger partial charge in [-0.25, -0.2) is 0 Å². The molecule has 1 spiro atoms. The average Bonchev–Trinajstić information content (AvgIpc) is 3.08. The van der Waals surface area contributed by atoms with E-state index in [1.54, 1.807) is 0 Å². The van der Waals surface area contributed by atoms with Gasteiger partial charge >= 0.3 is 0 Å². The summed E-state index contributed by atoms with van der Waals surface area (Å²) >= 11 is 0. The molecule has 22 heavy (non-hydrogen) atoms. The van der Waals surface area contributed by atoms with Crippen molar-refractivity contribution >= 4 is 29.9 Å². The summed E-state index contributed by atoms with van der Waals surface area (Å²) in [5, 5.41) is 7.15. The van der Waals surface area contributed by atoms with Crippen LogP contribution >= 0.6 is 24.0 Å². The number of nitrogens with one attached hydrogen (secondary N) is 1. The summed E-state index contributed by atoms with van der Waals surface area (Å²) in [6, 6.07) is 0. The van der Waals surface area contributed by atoms with Crippen molar-refractivity contribution in [1.82, 2.24) is 20.4 Å². The lowest BCUT2D eigenvalue weighted by atomic mass is 9.73. The molecule has 0 aromatic carbocycles. The predicted molar refractivity (Wildman–Crippen MR) is 96.4 cm³/mol. The molecule has 1 aliphatic heterocycles. The number of likely N-dealkylation sites (tertiary alicyclic amines) is 1. The second-order valence-electron chi connectivity index (χ2n) is 6.37. The molecule has 124 valence electrons. The van der Waals surface area contributed by atoms with Crippen molar-refractivity contribution in [1.29, 1.82) is 0 Å². The van der Waals surface area contributed by atoms with Gasteiger partial charge in [0.25, 0.3) is 0 Å². The second-order valence-corrected chi connectivity index (χ2v) is 6.37. The third-order valence-corrected chi connectivity index (χ3v) is 4.83. The lowest BCUT2D eigenvalue weighted by Crippen LogP contribution is -2.41. The molecule has 2 fully saturated rings. The van der Waals surface area contributed by atoms with E-state index in [9.17, 15) is 0 Å². The van der Waals surface area contributed by atoms with Crippen molar-refractivity contribution in [3.63, 3.8) is 0 Å². The van der Waals surface area contributed by atoms with Gasteiger partial charge in [0.1, 0.15) is 0 Å². The number of hydrogen-bond donors (Lipinski definition) is 1. The van der Waals surface area contributed by atoms with Gasteiger partial charge in [-0.1, -0.05) is 24.4 Å². The predicted octanol–water partition coefficient (Wildman–Crippen LogP) is 2.73. The normalized spacial score (nSPS) is 21.0. The van der Waals surface area contributed by atoms with Crippen LogP contribution < -0.4 is 5.32 Å². The second kappa shape index (κ2) is 7.61. The summed E-state index contributed by atoms with van der Waals surface area (Å²) in [5.41, 5.74) is 0.539. The Labute approximate surface area is 149 Å². The first-order chi connectivity index (χ1) is 10.2. The largest absolute Gasteiger partial charge is 0.347 e. The minimum absolute atomic E-state index is 0. The lowest BCUT2D eigenvalue weighted by Gasteiger charge is -2.33. The van der Waals surface area contributed by atoms with Gasteiger partial charge in [-0.2, -0.15) is 4.98 Å². The smallest absolute Gasteiger partial charge is 0.246 e. The number of rotatable bonds is 2. The topological polar surface area (TPSA) is 66.5 Å². The zero-order valence-corrected chi connectivity index (χ0v) is 15.8. The maximum absolute atomic E-state index is 5.13. The van der Waals surface area contributed by atoms with Crippen LogP contribution in [0, 0.1) is 12.3 Å². The Kier molecular flexibility index (Phi) is 6.05. The molecule has 1 saturated carbocycles. The average molecular weight is 419 g/mol. The molecule has 7 heteroatoms. The minimum atomic E-state index is 0. The quantitative estimate of drug-likeness (QED) is 0.454. The van der Waals surface area contributed by atoms with Crippen LogP contribution in [0.1, 0.15) is 50.2 Å². The van der Waals surface area contributed by atoms with Gasteiger partial charge < -0.3 is 14.7 Å². The Morgan fingerprint density at radius 1 is 1.32 bits per heavy atom. The van der Waals surface area contributed by atoms with Crippen LogP contribution in [0.3, 0.4) is 0 Å². The van der Waals surface area contributed by atoms with Crippen LogP contribution in [0.5, 0.6) is 0 Å². The Balaban J connectivity index is 0.00000176. The van der Waals surface area contributed by atoms with E-state index in [2.05, 4.69) is 25.3 Å². The summed E-state index contributed by atoms with van der Waals surface area (Å²) < 4.78 is 5.13. The molecule has 0 unspecified atom stereocenters. The van der Waals surface area contributed by atoms with Gasteiger partial charge in [-0.3, -0.25) is 4.99 Å². The highest BCUT2D eigenvalue weighted by molar-refractivity contribution is 14.0. The molecule has 1 aliphatic carbocycles. The van der Waals surface area contributed by atoms with Gasteiger partial charge in [0, 0.05) is 20.1 Å². The lowest BCUT2D eigenvalue weighted by molar-refractivity contribution is 0.203. The first-order valence-corrected chi connectivity index (χ1v) is 7.96. The van der Waals surface area contributed by atoms with E-state index in [1.165, 1.54) is 38.5 Å². The van der Waals surface area contributed by atoms with Crippen molar-refractivity contribution in [3.05, 3.63) is 11.7 Å². The fraction of sp³-hybridized carbons (Fsp3) is 0.800. The zero-order chi connectivity index (χ0) is 14.7. The zero-order valence-electron chi connectivity index (χ0n) is 13.5. The first kappa shape index (κ1) is 17.5. The Morgan fingerprint density at radius 3 is 2.73 bits per heavy atom. The third-order valence-electron chi connectivity index (χ3n) is 4.83. The standard InChI is InChI=1S/C15H25N5O.HI/c1-12-18-13(21-19-12)10-17-14(16-2)20-9-8-15(11-20)6-4-3-5-7-15;/h3-11H2,1-2H3,(H,16,17);1H. The maximum Gasteiger partial charge on any atom is 0.246 e. The third kappa shape index (κ3) is 3.91. The van der Waals surface area contributed by atoms with E-state index in [0.29, 0.717) is 23.7 Å². The number of aromatic nitrogens is 2. The fourth-order valence-electron chi connectivity index (χ4n) is 3.72. The van der Waals surface area contributed by atoms with E-state index >= 15 is 0 Å². The SMILES string of the molecule is CN=C(NCc1nc(C)no1)N1CCC2(CCCCC2)C1.I. The van der Waals surface area contributed by atoms with Crippen molar-refractivity contribution in [2.45, 2.75) is 52.0 Å². The van der Waals surface area contributed by atoms with E-state index < -0.39 is 0 Å². The number of guanidine groups is 1. The highest BCUT2D eigenvalue weighted by Gasteiger charge is 2.39. The van der Waals surface area contributed by atoms with Crippen LogP contribution in [0.4, 0.5) is 0 Å². The highest BCUT2D eigenvalue weighted by atomic mass is 127. The van der Waals surface area contributed by atoms with E-state index in [-0.39, 0.29) is 24.0 Å². The van der Waals surface area contributed by atoms with Crippen LogP contribution in [0.15, 0.2) is 9.52 Å². The monoisotopic (exact) mass is 419 g/mol. The molecule has 0 amide bonds. The van der Waals surface area contributed by atoms with Crippen LogP contribution in [0.25, 0.3) is 0 Å². The van der Waals surface area contributed by atoms with Crippen molar-refractivity contribution in [2.24, 2.45) is 10.4 Å². The minimum Gasteiger partial charge on any atom is -0.347 e. The summed E-state index contributed by atoms with van der Waals surface area (Å²) in [7, 11) is 1.84. The van der Waals surface area contributed by atoms with Gasteiger partial charge in [-0.15, -0.1) is 24.0 Å². The molecular weight excluding hydrogens is 393 g/mol. The molecule has 0 atom stereocenters. The van der Waals surface area contributed by atoms with Crippen LogP contribution in [0.2, 0.25) is 0 Å². The maximum atomic E-state index is 5.13. The van der Waals surface area contributed by atoms with E-state index in [0.717, 1.165) is 19.0 Å². The fourth-order valence-corrected chi connectivity index (χ4v) is 3.72. The summed E-state index contributed by atoms with van der Waals surface area (Å²) in [6.45, 7) is 4.60. The number of aliphatic imine (C=N–C) groups is 1. The molecule has 1 N–H and O–H groups in total. The van der Waals surface area contributed by atoms with Gasteiger partial charge in [0.05, 0.1) is 6.54 Å². The molecule has 6 nitrogen and oxygen atoms in total. The molecule has 1 aromatic heterocycles.